The van der Waals surface area contributed by atoms with Gasteiger partial charge >= 0.3 is 0 Å². The van der Waals surface area contributed by atoms with Gasteiger partial charge in [-0.15, -0.1) is 0 Å². The largest absolute Gasteiger partial charge is 0.370 e. The maximum absolute atomic E-state index is 4.85. The molecule has 1 saturated carbocycles. The Hall–Kier alpha value is -1.32. The van der Waals surface area contributed by atoms with Gasteiger partial charge in [0.1, 0.15) is 17.5 Å². The third kappa shape index (κ3) is 3.30. The third-order valence-corrected chi connectivity index (χ3v) is 4.77. The number of nitrogens with zero attached hydrogens (tertiary/aromatic N) is 3. The van der Waals surface area contributed by atoms with Crippen LogP contribution >= 0.6 is 0 Å². The Kier molecular flexibility index (Phi) is 3.80. The lowest BCUT2D eigenvalue weighted by molar-refractivity contribution is 0.263. The highest BCUT2D eigenvalue weighted by Gasteiger charge is 2.33. The summed E-state index contributed by atoms with van der Waals surface area (Å²) in [6.45, 7) is 12.3. The van der Waals surface area contributed by atoms with E-state index in [4.69, 9.17) is 4.98 Å². The fourth-order valence-electron chi connectivity index (χ4n) is 3.09. The topological polar surface area (TPSA) is 41.0 Å². The van der Waals surface area contributed by atoms with E-state index in [9.17, 15) is 0 Å². The lowest BCUT2D eigenvalue weighted by atomic mass is 9.80. The second kappa shape index (κ2) is 5.47. The van der Waals surface area contributed by atoms with Crippen LogP contribution in [0.1, 0.15) is 58.7 Å². The molecule has 2 aliphatic rings. The first-order valence-electron chi connectivity index (χ1n) is 8.35. The van der Waals surface area contributed by atoms with Gasteiger partial charge in [-0.1, -0.05) is 20.8 Å². The normalized spacial score (nSPS) is 22.7. The highest BCUT2D eigenvalue weighted by atomic mass is 15.2. The summed E-state index contributed by atoms with van der Waals surface area (Å²) in [5, 5.41) is 3.36. The van der Waals surface area contributed by atoms with Crippen LogP contribution in [0.3, 0.4) is 0 Å². The van der Waals surface area contributed by atoms with Gasteiger partial charge in [-0.2, -0.15) is 0 Å². The quantitative estimate of drug-likeness (QED) is 0.918. The summed E-state index contributed by atoms with van der Waals surface area (Å²) in [5.41, 5.74) is 0.381. The van der Waals surface area contributed by atoms with Crippen molar-refractivity contribution in [2.75, 3.05) is 29.9 Å². The smallest absolute Gasteiger partial charge is 0.136 e. The summed E-state index contributed by atoms with van der Waals surface area (Å²) in [7, 11) is 0. The molecule has 4 nitrogen and oxygen atoms in total. The Morgan fingerprint density at radius 2 is 2.00 bits per heavy atom. The van der Waals surface area contributed by atoms with E-state index >= 15 is 0 Å². The van der Waals surface area contributed by atoms with E-state index in [2.05, 4.69) is 49.0 Å². The molecule has 1 aromatic heterocycles. The van der Waals surface area contributed by atoms with Crippen LogP contribution in [0.15, 0.2) is 6.07 Å². The molecule has 0 bridgehead atoms. The minimum atomic E-state index is 0.381. The zero-order chi connectivity index (χ0) is 15.0. The molecule has 2 heterocycles. The molecule has 1 saturated heterocycles. The third-order valence-electron chi connectivity index (χ3n) is 4.77. The van der Waals surface area contributed by atoms with Gasteiger partial charge in [-0.05, 0) is 37.5 Å². The summed E-state index contributed by atoms with van der Waals surface area (Å²) in [5.74, 6) is 4.50. The van der Waals surface area contributed by atoms with E-state index in [0.29, 0.717) is 11.3 Å². The minimum absolute atomic E-state index is 0.381. The molecule has 1 aromatic rings. The molecule has 1 unspecified atom stereocenters. The van der Waals surface area contributed by atoms with Gasteiger partial charge in [-0.25, -0.2) is 9.97 Å². The maximum atomic E-state index is 4.85. The van der Waals surface area contributed by atoms with Gasteiger partial charge in [0.2, 0.25) is 0 Å². The average Bonchev–Trinajstić information content (AvgIpc) is 3.14. The number of anilines is 2. The summed E-state index contributed by atoms with van der Waals surface area (Å²) in [4.78, 5) is 12.0. The number of rotatable bonds is 4. The molecule has 0 spiro atoms. The Bertz CT molecular complexity index is 502. The van der Waals surface area contributed by atoms with Crippen molar-refractivity contribution in [1.82, 2.24) is 9.97 Å². The number of nitrogens with one attached hydrogen (secondary N) is 1. The Labute approximate surface area is 128 Å². The van der Waals surface area contributed by atoms with Crippen LogP contribution < -0.4 is 10.2 Å². The molecule has 1 atom stereocenters. The molecule has 2 fully saturated rings. The van der Waals surface area contributed by atoms with Crippen LogP contribution in [0.5, 0.6) is 0 Å². The van der Waals surface area contributed by atoms with Gasteiger partial charge in [0.25, 0.3) is 0 Å². The van der Waals surface area contributed by atoms with Crippen molar-refractivity contribution < 1.29 is 0 Å². The summed E-state index contributed by atoms with van der Waals surface area (Å²) < 4.78 is 0. The van der Waals surface area contributed by atoms with Crippen molar-refractivity contribution in [3.05, 3.63) is 11.9 Å². The lowest BCUT2D eigenvalue weighted by Gasteiger charge is -2.27. The standard InChI is InChI=1S/C17H28N4/c1-5-18-14-10-15(20-16(19-14)12-6-7-12)21-9-8-13(11-21)17(2,3)4/h10,12-13H,5-9,11H2,1-4H3,(H,18,19,20). The molecule has 3 rings (SSSR count). The van der Waals surface area contributed by atoms with Crippen molar-refractivity contribution >= 4 is 11.6 Å². The van der Waals surface area contributed by atoms with E-state index in [0.717, 1.165) is 43.0 Å². The molecule has 0 aromatic carbocycles. The minimum Gasteiger partial charge on any atom is -0.370 e. The highest BCUT2D eigenvalue weighted by Crippen LogP contribution is 2.40. The molecular weight excluding hydrogens is 260 g/mol. The van der Waals surface area contributed by atoms with Crippen LogP contribution in [0.25, 0.3) is 0 Å². The van der Waals surface area contributed by atoms with Crippen molar-refractivity contribution in [1.29, 1.82) is 0 Å². The van der Waals surface area contributed by atoms with E-state index < -0.39 is 0 Å². The predicted molar refractivity (Wildman–Crippen MR) is 87.9 cm³/mol. The lowest BCUT2D eigenvalue weighted by Crippen LogP contribution is -2.26. The van der Waals surface area contributed by atoms with Crippen molar-refractivity contribution in [2.24, 2.45) is 11.3 Å². The van der Waals surface area contributed by atoms with Crippen LogP contribution in [0, 0.1) is 11.3 Å². The van der Waals surface area contributed by atoms with Crippen molar-refractivity contribution in [2.45, 2.75) is 52.9 Å². The summed E-state index contributed by atoms with van der Waals surface area (Å²) >= 11 is 0. The van der Waals surface area contributed by atoms with Crippen LogP contribution in [0.2, 0.25) is 0 Å². The number of hydrogen-bond donors (Lipinski definition) is 1. The fraction of sp³-hybridized carbons (Fsp3) is 0.765. The predicted octanol–water partition coefficient (Wildman–Crippen LogP) is 3.66. The Morgan fingerprint density at radius 3 is 2.57 bits per heavy atom. The van der Waals surface area contributed by atoms with Crippen LogP contribution in [-0.2, 0) is 0 Å². The molecule has 0 radical (unpaired) electrons. The molecule has 21 heavy (non-hydrogen) atoms. The van der Waals surface area contributed by atoms with Gasteiger partial charge in [0, 0.05) is 31.6 Å². The van der Waals surface area contributed by atoms with E-state index in [1.165, 1.54) is 19.3 Å². The molecule has 0 amide bonds. The summed E-state index contributed by atoms with van der Waals surface area (Å²) in [6.07, 6.45) is 3.77. The molecule has 4 heteroatoms. The molecular formula is C17H28N4. The second-order valence-corrected chi connectivity index (χ2v) is 7.57. The second-order valence-electron chi connectivity index (χ2n) is 7.57. The number of aromatic nitrogens is 2. The first-order chi connectivity index (χ1) is 9.97. The Morgan fingerprint density at radius 1 is 1.24 bits per heavy atom. The van der Waals surface area contributed by atoms with E-state index in [1.54, 1.807) is 0 Å². The molecule has 1 aliphatic carbocycles. The maximum Gasteiger partial charge on any atom is 0.136 e. The van der Waals surface area contributed by atoms with E-state index in [-0.39, 0.29) is 0 Å². The molecule has 1 aliphatic heterocycles. The van der Waals surface area contributed by atoms with Gasteiger partial charge in [-0.3, -0.25) is 0 Å². The number of hydrogen-bond acceptors (Lipinski definition) is 4. The first kappa shape index (κ1) is 14.6. The van der Waals surface area contributed by atoms with Crippen LogP contribution in [0.4, 0.5) is 11.6 Å². The molecule has 1 N–H and O–H groups in total. The zero-order valence-electron chi connectivity index (χ0n) is 13.8. The van der Waals surface area contributed by atoms with Gasteiger partial charge in [0.15, 0.2) is 0 Å². The van der Waals surface area contributed by atoms with Crippen molar-refractivity contribution in [3.8, 4) is 0 Å². The average molecular weight is 288 g/mol. The van der Waals surface area contributed by atoms with Crippen LogP contribution in [-0.4, -0.2) is 29.6 Å². The molecule has 116 valence electrons. The summed E-state index contributed by atoms with van der Waals surface area (Å²) in [6, 6.07) is 2.13. The van der Waals surface area contributed by atoms with Crippen molar-refractivity contribution in [3.63, 3.8) is 0 Å². The fourth-order valence-corrected chi connectivity index (χ4v) is 3.09. The van der Waals surface area contributed by atoms with Gasteiger partial charge < -0.3 is 10.2 Å². The van der Waals surface area contributed by atoms with Gasteiger partial charge in [0.05, 0.1) is 0 Å². The highest BCUT2D eigenvalue weighted by molar-refractivity contribution is 5.50. The zero-order valence-corrected chi connectivity index (χ0v) is 13.8. The first-order valence-corrected chi connectivity index (χ1v) is 8.35. The van der Waals surface area contributed by atoms with E-state index in [1.807, 2.05) is 0 Å². The SMILES string of the molecule is CCNc1cc(N2CCC(C(C)(C)C)C2)nc(C2CC2)n1. The Balaban J connectivity index is 1.81. The monoisotopic (exact) mass is 288 g/mol.